The van der Waals surface area contributed by atoms with Crippen LogP contribution < -0.4 is 9.62 Å². The lowest BCUT2D eigenvalue weighted by molar-refractivity contribution is -0.140. The third-order valence-corrected chi connectivity index (χ3v) is 9.80. The van der Waals surface area contributed by atoms with Crippen molar-refractivity contribution in [2.75, 3.05) is 10.8 Å². The number of nitrogens with one attached hydrogen (secondary N) is 1. The van der Waals surface area contributed by atoms with Crippen LogP contribution >= 0.6 is 15.9 Å². The van der Waals surface area contributed by atoms with Crippen molar-refractivity contribution < 1.29 is 18.0 Å². The van der Waals surface area contributed by atoms with Gasteiger partial charge in [0.1, 0.15) is 12.6 Å². The molecule has 46 heavy (non-hydrogen) atoms. The van der Waals surface area contributed by atoms with Crippen molar-refractivity contribution in [1.29, 1.82) is 0 Å². The Morgan fingerprint density at radius 1 is 0.804 bits per heavy atom. The molecule has 4 rings (SSSR count). The first kappa shape index (κ1) is 34.9. The molecule has 242 valence electrons. The quantitative estimate of drug-likeness (QED) is 0.180. The molecule has 9 heteroatoms. The lowest BCUT2D eigenvalue weighted by atomic mass is 10.0. The Morgan fingerprint density at radius 3 is 2.07 bits per heavy atom. The second-order valence-corrected chi connectivity index (χ2v) is 15.5. The zero-order valence-electron chi connectivity index (χ0n) is 27.2. The summed E-state index contributed by atoms with van der Waals surface area (Å²) in [6.45, 7) is 10.9. The molecule has 0 spiro atoms. The molecule has 0 saturated heterocycles. The van der Waals surface area contributed by atoms with Crippen molar-refractivity contribution in [3.05, 3.63) is 129 Å². The van der Waals surface area contributed by atoms with E-state index in [4.69, 9.17) is 0 Å². The maximum atomic E-state index is 14.7. The van der Waals surface area contributed by atoms with Crippen molar-refractivity contribution in [1.82, 2.24) is 10.2 Å². The van der Waals surface area contributed by atoms with Crippen molar-refractivity contribution in [3.63, 3.8) is 0 Å². The monoisotopic (exact) mass is 703 g/mol. The van der Waals surface area contributed by atoms with Gasteiger partial charge in [0.15, 0.2) is 0 Å². The molecule has 0 heterocycles. The molecular weight excluding hydrogens is 662 g/mol. The van der Waals surface area contributed by atoms with Crippen molar-refractivity contribution in [2.24, 2.45) is 0 Å². The Morgan fingerprint density at radius 2 is 1.43 bits per heavy atom. The highest BCUT2D eigenvalue weighted by Crippen LogP contribution is 2.29. The highest BCUT2D eigenvalue weighted by Gasteiger charge is 2.36. The summed E-state index contributed by atoms with van der Waals surface area (Å²) >= 11 is 3.52. The van der Waals surface area contributed by atoms with Crippen molar-refractivity contribution in [3.8, 4) is 0 Å². The first-order valence-electron chi connectivity index (χ1n) is 15.2. The maximum Gasteiger partial charge on any atom is 0.264 e. The van der Waals surface area contributed by atoms with Crippen LogP contribution in [0.1, 0.15) is 48.6 Å². The van der Waals surface area contributed by atoms with E-state index in [9.17, 15) is 18.0 Å². The van der Waals surface area contributed by atoms with Gasteiger partial charge in [-0.15, -0.1) is 0 Å². The minimum atomic E-state index is -4.17. The lowest BCUT2D eigenvalue weighted by Crippen LogP contribution is -2.56. The van der Waals surface area contributed by atoms with Gasteiger partial charge in [-0.1, -0.05) is 88.2 Å². The average molecular weight is 705 g/mol. The first-order chi connectivity index (χ1) is 21.6. The largest absolute Gasteiger partial charge is 0.350 e. The van der Waals surface area contributed by atoms with Crippen LogP contribution in [0.25, 0.3) is 0 Å². The zero-order chi connectivity index (χ0) is 33.6. The normalized spacial score (nSPS) is 12.3. The average Bonchev–Trinajstić information content (AvgIpc) is 2.98. The van der Waals surface area contributed by atoms with Gasteiger partial charge in [-0.25, -0.2) is 8.42 Å². The summed E-state index contributed by atoms with van der Waals surface area (Å²) in [6, 6.07) is 28.3. The Balaban J connectivity index is 1.85. The third kappa shape index (κ3) is 9.07. The van der Waals surface area contributed by atoms with Gasteiger partial charge in [-0.05, 0) is 94.1 Å². The van der Waals surface area contributed by atoms with Crippen LogP contribution in [0, 0.1) is 20.8 Å². The molecule has 1 N–H and O–H groups in total. The predicted octanol–water partition coefficient (Wildman–Crippen LogP) is 7.12. The van der Waals surface area contributed by atoms with E-state index in [2.05, 4.69) is 21.2 Å². The molecule has 0 unspecified atom stereocenters. The summed E-state index contributed by atoms with van der Waals surface area (Å²) in [4.78, 5) is 30.3. The fraction of sp³-hybridized carbons (Fsp3) is 0.297. The van der Waals surface area contributed by atoms with Crippen molar-refractivity contribution in [2.45, 2.75) is 71.0 Å². The van der Waals surface area contributed by atoms with Crippen LogP contribution in [0.15, 0.2) is 106 Å². The maximum absolute atomic E-state index is 14.7. The summed E-state index contributed by atoms with van der Waals surface area (Å²) in [6.07, 6.45) is 0.247. The number of halogens is 1. The number of sulfonamides is 1. The highest BCUT2D eigenvalue weighted by atomic mass is 79.9. The van der Waals surface area contributed by atoms with E-state index >= 15 is 0 Å². The molecule has 0 aromatic heterocycles. The minimum Gasteiger partial charge on any atom is -0.350 e. The van der Waals surface area contributed by atoms with Gasteiger partial charge in [-0.3, -0.25) is 13.9 Å². The first-order valence-corrected chi connectivity index (χ1v) is 17.4. The van der Waals surface area contributed by atoms with Crippen LogP contribution in [0.4, 0.5) is 5.69 Å². The number of carbonyl (C=O) groups is 2. The lowest BCUT2D eigenvalue weighted by Gasteiger charge is -2.35. The number of hydrogen-bond donors (Lipinski definition) is 1. The molecule has 0 aliphatic carbocycles. The van der Waals surface area contributed by atoms with E-state index < -0.39 is 34.1 Å². The van der Waals surface area contributed by atoms with Gasteiger partial charge in [0, 0.05) is 23.0 Å². The Hall–Kier alpha value is -3.95. The van der Waals surface area contributed by atoms with Crippen LogP contribution in [0.5, 0.6) is 0 Å². The number of amides is 2. The van der Waals surface area contributed by atoms with E-state index in [1.165, 1.54) is 9.21 Å². The van der Waals surface area contributed by atoms with E-state index in [1.807, 2.05) is 108 Å². The molecule has 2 amide bonds. The van der Waals surface area contributed by atoms with Gasteiger partial charge in [0.05, 0.1) is 10.6 Å². The van der Waals surface area contributed by atoms with Gasteiger partial charge in [0.25, 0.3) is 10.0 Å². The van der Waals surface area contributed by atoms with E-state index in [0.717, 1.165) is 26.7 Å². The van der Waals surface area contributed by atoms with Gasteiger partial charge >= 0.3 is 0 Å². The second kappa shape index (κ2) is 14.6. The second-order valence-electron chi connectivity index (χ2n) is 12.7. The Labute approximate surface area is 281 Å². The summed E-state index contributed by atoms with van der Waals surface area (Å²) in [5.41, 5.74) is 4.01. The molecule has 4 aromatic rings. The SMILES string of the molecule is Cc1ccc(S(=O)(=O)N(CC(=O)N(Cc2cccc(Br)c2)[C@@H](Cc2ccccc2)C(=O)NC(C)(C)C)c2cc(C)ccc2C)cc1. The Kier molecular flexibility index (Phi) is 11.1. The summed E-state index contributed by atoms with van der Waals surface area (Å²) < 4.78 is 30.6. The molecule has 0 saturated carbocycles. The molecule has 0 bridgehead atoms. The fourth-order valence-corrected chi connectivity index (χ4v) is 7.09. The Bertz CT molecular complexity index is 1790. The summed E-state index contributed by atoms with van der Waals surface area (Å²) in [7, 11) is -4.17. The number of carbonyl (C=O) groups excluding carboxylic acids is 2. The van der Waals surface area contributed by atoms with Crippen LogP contribution in [-0.4, -0.2) is 43.3 Å². The van der Waals surface area contributed by atoms with Gasteiger partial charge in [0.2, 0.25) is 11.8 Å². The number of anilines is 1. The van der Waals surface area contributed by atoms with E-state index in [0.29, 0.717) is 11.3 Å². The molecule has 0 radical (unpaired) electrons. The molecule has 1 atom stereocenters. The smallest absolute Gasteiger partial charge is 0.264 e. The number of aryl methyl sites for hydroxylation is 3. The van der Waals surface area contributed by atoms with Gasteiger partial charge in [-0.2, -0.15) is 0 Å². The van der Waals surface area contributed by atoms with Crippen LogP contribution in [0.2, 0.25) is 0 Å². The third-order valence-electron chi connectivity index (χ3n) is 7.53. The molecular formula is C37H42BrN3O4S. The standard InChI is InChI=1S/C37H42BrN3O4S/c1-26-16-19-32(20-17-26)46(44,45)41(33-21-27(2)15-18-28(33)3)25-35(42)40(24-30-13-10-14-31(38)22-30)34(36(43)39-37(4,5)6)23-29-11-8-7-9-12-29/h7-22,34H,23-25H2,1-6H3,(H,39,43)/t34-/m0/s1. The summed E-state index contributed by atoms with van der Waals surface area (Å²) in [5.74, 6) is -0.819. The highest BCUT2D eigenvalue weighted by molar-refractivity contribution is 9.10. The number of benzene rings is 4. The minimum absolute atomic E-state index is 0.0802. The number of nitrogens with zero attached hydrogens (tertiary/aromatic N) is 2. The van der Waals surface area contributed by atoms with E-state index in [-0.39, 0.29) is 23.8 Å². The number of hydrogen-bond acceptors (Lipinski definition) is 4. The van der Waals surface area contributed by atoms with E-state index in [1.54, 1.807) is 30.3 Å². The zero-order valence-corrected chi connectivity index (χ0v) is 29.7. The molecule has 4 aromatic carbocycles. The summed E-state index contributed by atoms with van der Waals surface area (Å²) in [5, 5.41) is 3.06. The predicted molar refractivity (Wildman–Crippen MR) is 188 cm³/mol. The van der Waals surface area contributed by atoms with Gasteiger partial charge < -0.3 is 10.2 Å². The number of rotatable bonds is 11. The fourth-order valence-electron chi connectivity index (χ4n) is 5.18. The van der Waals surface area contributed by atoms with Crippen molar-refractivity contribution >= 4 is 43.5 Å². The topological polar surface area (TPSA) is 86.8 Å². The van der Waals surface area contributed by atoms with Crippen LogP contribution in [-0.2, 0) is 32.6 Å². The molecule has 7 nitrogen and oxygen atoms in total. The molecule has 0 aliphatic rings. The van der Waals surface area contributed by atoms with Crippen LogP contribution in [0.3, 0.4) is 0 Å². The molecule has 0 aliphatic heterocycles. The molecule has 0 fully saturated rings.